The minimum atomic E-state index is -0.148. The topological polar surface area (TPSA) is 60.9 Å². The molecule has 1 fully saturated rings. The second-order valence-electron chi connectivity index (χ2n) is 7.19. The van der Waals surface area contributed by atoms with Crippen molar-refractivity contribution in [3.63, 3.8) is 0 Å². The first-order valence-corrected chi connectivity index (χ1v) is 11.7. The van der Waals surface area contributed by atoms with Crippen LogP contribution in [0.3, 0.4) is 0 Å². The molecular weight excluding hydrogens is 436 g/mol. The first kappa shape index (κ1) is 21.9. The molecule has 0 aliphatic carbocycles. The molecule has 0 spiro atoms. The monoisotopic (exact) mass is 460 g/mol. The lowest BCUT2D eigenvalue weighted by Gasteiger charge is -2.23. The van der Waals surface area contributed by atoms with Crippen LogP contribution in [0.2, 0.25) is 5.02 Å². The number of ether oxygens (including phenoxy) is 3. The number of amides is 1. The van der Waals surface area contributed by atoms with Crippen LogP contribution < -0.4 is 14.4 Å². The maximum absolute atomic E-state index is 13.6. The highest BCUT2D eigenvalue weighted by atomic mass is 35.5. The van der Waals surface area contributed by atoms with Gasteiger partial charge in [0.1, 0.15) is 0 Å². The summed E-state index contributed by atoms with van der Waals surface area (Å²) >= 11 is 7.59. The minimum absolute atomic E-state index is 0.00592. The molecule has 4 rings (SSSR count). The molecule has 1 aliphatic rings. The van der Waals surface area contributed by atoms with E-state index in [1.807, 2.05) is 26.0 Å². The number of hydrogen-bond acceptors (Lipinski definition) is 6. The number of benzene rings is 2. The Balaban J connectivity index is 1.70. The summed E-state index contributed by atoms with van der Waals surface area (Å²) in [6.45, 7) is 5.99. The molecule has 0 bridgehead atoms. The van der Waals surface area contributed by atoms with Gasteiger partial charge in [0.2, 0.25) is 0 Å². The van der Waals surface area contributed by atoms with Crippen molar-refractivity contribution >= 4 is 44.2 Å². The summed E-state index contributed by atoms with van der Waals surface area (Å²) in [6, 6.07) is 10.8. The largest absolute Gasteiger partial charge is 0.490 e. The molecule has 31 heavy (non-hydrogen) atoms. The van der Waals surface area contributed by atoms with E-state index in [-0.39, 0.29) is 12.0 Å². The Hall–Kier alpha value is -2.35. The zero-order valence-electron chi connectivity index (χ0n) is 17.6. The molecule has 0 N–H and O–H groups in total. The standard InChI is InChI=1S/C23H25ClN2O4S/c1-3-28-19-10-7-15(12-20(19)29-4-2)22(27)26(14-17-6-5-11-30-17)23-25-18-9-8-16(24)13-21(18)31-23/h7-10,12-13,17H,3-6,11,14H2,1-2H3. The van der Waals surface area contributed by atoms with Crippen molar-refractivity contribution in [3.05, 3.63) is 47.0 Å². The van der Waals surface area contributed by atoms with E-state index in [1.54, 1.807) is 29.2 Å². The van der Waals surface area contributed by atoms with E-state index in [2.05, 4.69) is 0 Å². The highest BCUT2D eigenvalue weighted by Gasteiger charge is 2.27. The number of nitrogens with zero attached hydrogens (tertiary/aromatic N) is 2. The van der Waals surface area contributed by atoms with Crippen molar-refractivity contribution in [2.24, 2.45) is 0 Å². The fraction of sp³-hybridized carbons (Fsp3) is 0.391. The third-order valence-corrected chi connectivity index (χ3v) is 6.29. The van der Waals surface area contributed by atoms with Crippen LogP contribution >= 0.6 is 22.9 Å². The highest BCUT2D eigenvalue weighted by molar-refractivity contribution is 7.22. The van der Waals surface area contributed by atoms with Gasteiger partial charge in [-0.1, -0.05) is 22.9 Å². The minimum Gasteiger partial charge on any atom is -0.490 e. The summed E-state index contributed by atoms with van der Waals surface area (Å²) in [5.74, 6) is 1.04. The fourth-order valence-electron chi connectivity index (χ4n) is 3.58. The average molecular weight is 461 g/mol. The Kier molecular flexibility index (Phi) is 6.95. The zero-order valence-corrected chi connectivity index (χ0v) is 19.2. The van der Waals surface area contributed by atoms with Gasteiger partial charge in [-0.05, 0) is 63.1 Å². The molecule has 0 radical (unpaired) electrons. The Morgan fingerprint density at radius 3 is 2.74 bits per heavy atom. The number of fused-ring (bicyclic) bond motifs is 1. The van der Waals surface area contributed by atoms with Crippen LogP contribution in [0.1, 0.15) is 37.0 Å². The number of thiazole rings is 1. The molecule has 1 unspecified atom stereocenters. The number of carbonyl (C=O) groups is 1. The SMILES string of the molecule is CCOc1ccc(C(=O)N(CC2CCCO2)c2nc3ccc(Cl)cc3s2)cc1OCC. The number of carbonyl (C=O) groups excluding carboxylic acids is 1. The summed E-state index contributed by atoms with van der Waals surface area (Å²) in [5, 5.41) is 1.28. The quantitative estimate of drug-likeness (QED) is 0.439. The van der Waals surface area contributed by atoms with Gasteiger partial charge in [0.25, 0.3) is 5.91 Å². The molecule has 1 aromatic heterocycles. The molecule has 2 aromatic carbocycles. The van der Waals surface area contributed by atoms with Gasteiger partial charge in [0.05, 0.1) is 36.1 Å². The van der Waals surface area contributed by atoms with Crippen molar-refractivity contribution in [2.45, 2.75) is 32.8 Å². The lowest BCUT2D eigenvalue weighted by Crippen LogP contribution is -2.37. The lowest BCUT2D eigenvalue weighted by atomic mass is 10.1. The van der Waals surface area contributed by atoms with E-state index in [9.17, 15) is 4.79 Å². The van der Waals surface area contributed by atoms with Crippen LogP contribution in [-0.4, -0.2) is 43.4 Å². The van der Waals surface area contributed by atoms with Crippen molar-refractivity contribution in [2.75, 3.05) is 31.3 Å². The first-order valence-electron chi connectivity index (χ1n) is 10.5. The van der Waals surface area contributed by atoms with Crippen molar-refractivity contribution in [1.82, 2.24) is 4.98 Å². The van der Waals surface area contributed by atoms with Gasteiger partial charge < -0.3 is 14.2 Å². The number of hydrogen-bond donors (Lipinski definition) is 0. The Morgan fingerprint density at radius 2 is 2.00 bits per heavy atom. The molecule has 1 atom stereocenters. The van der Waals surface area contributed by atoms with E-state index < -0.39 is 0 Å². The molecule has 0 saturated carbocycles. The Labute approximate surface area is 190 Å². The van der Waals surface area contributed by atoms with Crippen molar-refractivity contribution < 1.29 is 19.0 Å². The van der Waals surface area contributed by atoms with Crippen LogP contribution in [0.5, 0.6) is 11.5 Å². The number of rotatable bonds is 8. The molecular formula is C23H25ClN2O4S. The Bertz CT molecular complexity index is 1060. The van der Waals surface area contributed by atoms with Crippen LogP contribution in [0.15, 0.2) is 36.4 Å². The summed E-state index contributed by atoms with van der Waals surface area (Å²) in [5.41, 5.74) is 1.33. The van der Waals surface area contributed by atoms with E-state index >= 15 is 0 Å². The summed E-state index contributed by atoms with van der Waals surface area (Å²) in [7, 11) is 0. The van der Waals surface area contributed by atoms with Crippen molar-refractivity contribution in [3.8, 4) is 11.5 Å². The molecule has 164 valence electrons. The third kappa shape index (κ3) is 4.95. The second kappa shape index (κ2) is 9.85. The number of anilines is 1. The van der Waals surface area contributed by atoms with E-state index in [1.165, 1.54) is 11.3 Å². The van der Waals surface area contributed by atoms with Gasteiger partial charge in [-0.25, -0.2) is 4.98 Å². The predicted molar refractivity (Wildman–Crippen MR) is 124 cm³/mol. The molecule has 6 nitrogen and oxygen atoms in total. The third-order valence-electron chi connectivity index (χ3n) is 5.02. The summed E-state index contributed by atoms with van der Waals surface area (Å²) in [6.07, 6.45) is 1.92. The molecule has 1 aliphatic heterocycles. The zero-order chi connectivity index (χ0) is 21.8. The van der Waals surface area contributed by atoms with Gasteiger partial charge in [-0.15, -0.1) is 0 Å². The van der Waals surface area contributed by atoms with Crippen molar-refractivity contribution in [1.29, 1.82) is 0 Å². The van der Waals surface area contributed by atoms with Crippen LogP contribution in [0, 0.1) is 0 Å². The fourth-order valence-corrected chi connectivity index (χ4v) is 4.83. The average Bonchev–Trinajstić information content (AvgIpc) is 3.42. The van der Waals surface area contributed by atoms with Gasteiger partial charge in [-0.3, -0.25) is 9.69 Å². The van der Waals surface area contributed by atoms with Crippen LogP contribution in [-0.2, 0) is 4.74 Å². The summed E-state index contributed by atoms with van der Waals surface area (Å²) in [4.78, 5) is 20.0. The predicted octanol–water partition coefficient (Wildman–Crippen LogP) is 5.57. The van der Waals surface area contributed by atoms with Gasteiger partial charge in [-0.2, -0.15) is 0 Å². The molecule has 2 heterocycles. The number of halogens is 1. The molecule has 8 heteroatoms. The first-order chi connectivity index (χ1) is 15.1. The second-order valence-corrected chi connectivity index (χ2v) is 8.63. The van der Waals surface area contributed by atoms with E-state index in [0.717, 1.165) is 29.7 Å². The Morgan fingerprint density at radius 1 is 1.19 bits per heavy atom. The van der Waals surface area contributed by atoms with E-state index in [4.69, 9.17) is 30.8 Å². The van der Waals surface area contributed by atoms with Gasteiger partial charge in [0, 0.05) is 17.2 Å². The lowest BCUT2D eigenvalue weighted by molar-refractivity contribution is 0.0917. The highest BCUT2D eigenvalue weighted by Crippen LogP contribution is 2.34. The van der Waals surface area contributed by atoms with Gasteiger partial charge in [0.15, 0.2) is 16.6 Å². The molecule has 3 aromatic rings. The van der Waals surface area contributed by atoms with E-state index in [0.29, 0.717) is 47.0 Å². The van der Waals surface area contributed by atoms with Crippen LogP contribution in [0.4, 0.5) is 5.13 Å². The smallest absolute Gasteiger partial charge is 0.260 e. The normalized spacial score (nSPS) is 15.9. The molecule has 1 amide bonds. The maximum atomic E-state index is 13.6. The summed E-state index contributed by atoms with van der Waals surface area (Å²) < 4.78 is 18.1. The van der Waals surface area contributed by atoms with Gasteiger partial charge >= 0.3 is 0 Å². The maximum Gasteiger partial charge on any atom is 0.260 e. The number of aromatic nitrogens is 1. The molecule has 1 saturated heterocycles. The van der Waals surface area contributed by atoms with Crippen LogP contribution in [0.25, 0.3) is 10.2 Å².